The van der Waals surface area contributed by atoms with Gasteiger partial charge in [-0.1, -0.05) is 17.7 Å². The lowest BCUT2D eigenvalue weighted by Crippen LogP contribution is -2.51. The van der Waals surface area contributed by atoms with E-state index in [-0.39, 0.29) is 18.4 Å². The molecule has 6 nitrogen and oxygen atoms in total. The Labute approximate surface area is 165 Å². The summed E-state index contributed by atoms with van der Waals surface area (Å²) in [5, 5.41) is 0. The number of amides is 2. The van der Waals surface area contributed by atoms with E-state index < -0.39 is 0 Å². The highest BCUT2D eigenvalue weighted by Crippen LogP contribution is 2.18. The molecule has 1 aliphatic heterocycles. The highest BCUT2D eigenvalue weighted by Gasteiger charge is 2.25. The number of rotatable bonds is 6. The average Bonchev–Trinajstić information content (AvgIpc) is 2.73. The second-order valence-electron chi connectivity index (χ2n) is 6.73. The predicted molar refractivity (Wildman–Crippen MR) is 107 cm³/mol. The first kappa shape index (κ1) is 19.7. The highest BCUT2D eigenvalue weighted by atomic mass is 16.5. The Morgan fingerprint density at radius 3 is 1.93 bits per heavy atom. The fourth-order valence-corrected chi connectivity index (χ4v) is 3.07. The quantitative estimate of drug-likeness (QED) is 0.771. The largest absolute Gasteiger partial charge is 0.494 e. The minimum absolute atomic E-state index is 0.0118. The molecular formula is C22H26N2O4. The molecule has 148 valence electrons. The Hall–Kier alpha value is -3.02. The molecule has 2 amide bonds. The van der Waals surface area contributed by atoms with E-state index in [0.717, 1.165) is 11.3 Å². The normalized spacial score (nSPS) is 13.9. The summed E-state index contributed by atoms with van der Waals surface area (Å²) in [6.07, 6.45) is 0. The lowest BCUT2D eigenvalue weighted by atomic mass is 10.1. The maximum atomic E-state index is 12.6. The van der Waals surface area contributed by atoms with Gasteiger partial charge in [-0.3, -0.25) is 9.59 Å². The van der Waals surface area contributed by atoms with Crippen LogP contribution in [-0.4, -0.2) is 61.0 Å². The molecule has 0 aromatic heterocycles. The number of ether oxygens (including phenoxy) is 2. The van der Waals surface area contributed by atoms with E-state index in [2.05, 4.69) is 0 Å². The molecule has 0 aliphatic carbocycles. The second-order valence-corrected chi connectivity index (χ2v) is 6.73. The fraction of sp³-hybridized carbons (Fsp3) is 0.364. The van der Waals surface area contributed by atoms with Crippen molar-refractivity contribution in [3.63, 3.8) is 0 Å². The molecule has 0 unspecified atom stereocenters. The van der Waals surface area contributed by atoms with Gasteiger partial charge in [-0.25, -0.2) is 0 Å². The molecule has 2 aromatic rings. The molecule has 2 aromatic carbocycles. The van der Waals surface area contributed by atoms with Crippen LogP contribution in [0.5, 0.6) is 11.5 Å². The topological polar surface area (TPSA) is 59.1 Å². The smallest absolute Gasteiger partial charge is 0.260 e. The van der Waals surface area contributed by atoms with Gasteiger partial charge in [0.2, 0.25) is 0 Å². The number of benzene rings is 2. The summed E-state index contributed by atoms with van der Waals surface area (Å²) < 4.78 is 11.0. The van der Waals surface area contributed by atoms with Crippen LogP contribution in [0.25, 0.3) is 0 Å². The summed E-state index contributed by atoms with van der Waals surface area (Å²) in [7, 11) is 0. The number of aryl methyl sites for hydroxylation is 1. The van der Waals surface area contributed by atoms with Crippen molar-refractivity contribution in [1.82, 2.24) is 9.80 Å². The minimum atomic E-state index is -0.0729. The Kier molecular flexibility index (Phi) is 6.53. The standard InChI is InChI=1S/C22H26N2O4/c1-3-27-19-8-10-20(11-9-19)28-16-21(25)23-12-14-24(15-13-23)22(26)18-6-4-17(2)5-7-18/h4-11H,3,12-16H2,1-2H3. The first-order chi connectivity index (χ1) is 13.6. The van der Waals surface area contributed by atoms with Crippen LogP contribution in [0.1, 0.15) is 22.8 Å². The van der Waals surface area contributed by atoms with Gasteiger partial charge < -0.3 is 19.3 Å². The number of hydrogen-bond donors (Lipinski definition) is 0. The highest BCUT2D eigenvalue weighted by molar-refractivity contribution is 5.94. The molecule has 1 saturated heterocycles. The van der Waals surface area contributed by atoms with Crippen molar-refractivity contribution in [2.24, 2.45) is 0 Å². The van der Waals surface area contributed by atoms with Gasteiger partial charge in [-0.15, -0.1) is 0 Å². The molecular weight excluding hydrogens is 356 g/mol. The zero-order valence-corrected chi connectivity index (χ0v) is 16.4. The zero-order chi connectivity index (χ0) is 19.9. The van der Waals surface area contributed by atoms with Crippen LogP contribution in [0.3, 0.4) is 0 Å². The lowest BCUT2D eigenvalue weighted by Gasteiger charge is -2.34. The van der Waals surface area contributed by atoms with Crippen LogP contribution in [0.2, 0.25) is 0 Å². The van der Waals surface area contributed by atoms with E-state index in [1.807, 2.05) is 50.2 Å². The third kappa shape index (κ3) is 5.03. The molecule has 1 fully saturated rings. The van der Waals surface area contributed by atoms with Gasteiger partial charge in [0.15, 0.2) is 6.61 Å². The SMILES string of the molecule is CCOc1ccc(OCC(=O)N2CCN(C(=O)c3ccc(C)cc3)CC2)cc1. The monoisotopic (exact) mass is 382 g/mol. The zero-order valence-electron chi connectivity index (χ0n) is 16.4. The number of carbonyl (C=O) groups excluding carboxylic acids is 2. The summed E-state index contributed by atoms with van der Waals surface area (Å²) in [6, 6.07) is 14.8. The molecule has 6 heteroatoms. The van der Waals surface area contributed by atoms with E-state index >= 15 is 0 Å². The Balaban J connectivity index is 1.45. The summed E-state index contributed by atoms with van der Waals surface area (Å²) >= 11 is 0. The van der Waals surface area contributed by atoms with Gasteiger partial charge in [0, 0.05) is 31.7 Å². The van der Waals surface area contributed by atoms with Crippen LogP contribution < -0.4 is 9.47 Å². The van der Waals surface area contributed by atoms with E-state index in [4.69, 9.17) is 9.47 Å². The van der Waals surface area contributed by atoms with E-state index in [9.17, 15) is 9.59 Å². The van der Waals surface area contributed by atoms with Crippen molar-refractivity contribution in [2.45, 2.75) is 13.8 Å². The first-order valence-electron chi connectivity index (χ1n) is 9.56. The van der Waals surface area contributed by atoms with Crippen molar-refractivity contribution >= 4 is 11.8 Å². The summed E-state index contributed by atoms with van der Waals surface area (Å²) in [6.45, 7) is 6.61. The number of piperazine rings is 1. The van der Waals surface area contributed by atoms with Gasteiger partial charge in [-0.05, 0) is 50.2 Å². The first-order valence-corrected chi connectivity index (χ1v) is 9.56. The molecule has 1 heterocycles. The molecule has 0 N–H and O–H groups in total. The third-order valence-electron chi connectivity index (χ3n) is 4.72. The van der Waals surface area contributed by atoms with Crippen molar-refractivity contribution < 1.29 is 19.1 Å². The molecule has 0 saturated carbocycles. The van der Waals surface area contributed by atoms with E-state index in [1.165, 1.54) is 0 Å². The summed E-state index contributed by atoms with van der Waals surface area (Å²) in [5.41, 5.74) is 1.81. The van der Waals surface area contributed by atoms with Crippen molar-refractivity contribution in [1.29, 1.82) is 0 Å². The van der Waals surface area contributed by atoms with E-state index in [0.29, 0.717) is 44.1 Å². The Morgan fingerprint density at radius 2 is 1.36 bits per heavy atom. The van der Waals surface area contributed by atoms with Crippen LogP contribution in [-0.2, 0) is 4.79 Å². The van der Waals surface area contributed by atoms with Crippen molar-refractivity contribution in [3.8, 4) is 11.5 Å². The van der Waals surface area contributed by atoms with Crippen LogP contribution in [0, 0.1) is 6.92 Å². The Bertz CT molecular complexity index is 794. The number of carbonyl (C=O) groups is 2. The van der Waals surface area contributed by atoms with Crippen LogP contribution >= 0.6 is 0 Å². The van der Waals surface area contributed by atoms with Gasteiger partial charge in [0.1, 0.15) is 11.5 Å². The second kappa shape index (κ2) is 9.26. The lowest BCUT2D eigenvalue weighted by molar-refractivity contribution is -0.134. The fourth-order valence-electron chi connectivity index (χ4n) is 3.07. The van der Waals surface area contributed by atoms with Gasteiger partial charge in [0.25, 0.3) is 11.8 Å². The minimum Gasteiger partial charge on any atom is -0.494 e. The molecule has 0 bridgehead atoms. The average molecular weight is 382 g/mol. The Morgan fingerprint density at radius 1 is 0.821 bits per heavy atom. The predicted octanol–water partition coefficient (Wildman–Crippen LogP) is 2.76. The number of hydrogen-bond acceptors (Lipinski definition) is 4. The van der Waals surface area contributed by atoms with Crippen LogP contribution in [0.4, 0.5) is 0 Å². The number of nitrogens with zero attached hydrogens (tertiary/aromatic N) is 2. The van der Waals surface area contributed by atoms with Crippen LogP contribution in [0.15, 0.2) is 48.5 Å². The summed E-state index contributed by atoms with van der Waals surface area (Å²) in [4.78, 5) is 28.5. The molecule has 3 rings (SSSR count). The van der Waals surface area contributed by atoms with Crippen molar-refractivity contribution in [2.75, 3.05) is 39.4 Å². The molecule has 0 atom stereocenters. The maximum Gasteiger partial charge on any atom is 0.260 e. The maximum absolute atomic E-state index is 12.6. The van der Waals surface area contributed by atoms with E-state index in [1.54, 1.807) is 21.9 Å². The van der Waals surface area contributed by atoms with Gasteiger partial charge in [0.05, 0.1) is 6.61 Å². The van der Waals surface area contributed by atoms with Gasteiger partial charge in [-0.2, -0.15) is 0 Å². The molecule has 0 spiro atoms. The van der Waals surface area contributed by atoms with Crippen molar-refractivity contribution in [3.05, 3.63) is 59.7 Å². The summed E-state index contributed by atoms with van der Waals surface area (Å²) in [5.74, 6) is 1.34. The third-order valence-corrected chi connectivity index (χ3v) is 4.72. The molecule has 28 heavy (non-hydrogen) atoms. The molecule has 0 radical (unpaired) electrons. The van der Waals surface area contributed by atoms with Gasteiger partial charge >= 0.3 is 0 Å². The molecule has 1 aliphatic rings.